The second-order valence-electron chi connectivity index (χ2n) is 5.45. The summed E-state index contributed by atoms with van der Waals surface area (Å²) in [6.45, 7) is 0. The van der Waals surface area contributed by atoms with Crippen molar-refractivity contribution in [3.8, 4) is 16.9 Å². The molecule has 0 aliphatic heterocycles. The van der Waals surface area contributed by atoms with Gasteiger partial charge in [0.25, 0.3) is 0 Å². The highest BCUT2D eigenvalue weighted by molar-refractivity contribution is 7.88. The van der Waals surface area contributed by atoms with E-state index < -0.39 is 21.6 Å². The van der Waals surface area contributed by atoms with E-state index in [1.54, 1.807) is 6.07 Å². The van der Waals surface area contributed by atoms with Crippen LogP contribution in [0.4, 0.5) is 4.39 Å². The molecule has 0 saturated heterocycles. The highest BCUT2D eigenvalue weighted by Gasteiger charge is 2.23. The van der Waals surface area contributed by atoms with Crippen LogP contribution in [-0.4, -0.2) is 14.5 Å². The van der Waals surface area contributed by atoms with E-state index in [1.807, 2.05) is 24.3 Å². The number of sulfonamides is 1. The number of nitrogens with two attached hydrogens (primary N) is 1. The number of primary sulfonamides is 1. The van der Waals surface area contributed by atoms with Crippen LogP contribution >= 0.6 is 0 Å². The number of halogens is 1. The van der Waals surface area contributed by atoms with E-state index in [-0.39, 0.29) is 5.56 Å². The summed E-state index contributed by atoms with van der Waals surface area (Å²) in [6, 6.07) is 11.9. The second-order valence-corrected chi connectivity index (χ2v) is 7.07. The molecular formula is C16H16FNO3S. The smallest absolute Gasteiger partial charge is 0.213 e. The van der Waals surface area contributed by atoms with Crippen LogP contribution in [0.2, 0.25) is 0 Å². The van der Waals surface area contributed by atoms with Gasteiger partial charge in [-0.15, -0.1) is 0 Å². The SMILES string of the molecule is NS(=O)(=O)Cc1ccc(-c2ccc(OC3CC3)cc2)cc1F. The molecule has 1 fully saturated rings. The molecule has 0 spiro atoms. The maximum Gasteiger partial charge on any atom is 0.213 e. The van der Waals surface area contributed by atoms with Gasteiger partial charge in [0.05, 0.1) is 11.9 Å². The van der Waals surface area contributed by atoms with E-state index in [0.29, 0.717) is 11.7 Å². The second kappa shape index (κ2) is 5.70. The van der Waals surface area contributed by atoms with E-state index >= 15 is 0 Å². The fourth-order valence-electron chi connectivity index (χ4n) is 2.16. The lowest BCUT2D eigenvalue weighted by Crippen LogP contribution is -2.15. The van der Waals surface area contributed by atoms with E-state index in [4.69, 9.17) is 9.88 Å². The van der Waals surface area contributed by atoms with Gasteiger partial charge in [0.1, 0.15) is 11.6 Å². The van der Waals surface area contributed by atoms with E-state index in [9.17, 15) is 12.8 Å². The van der Waals surface area contributed by atoms with Crippen LogP contribution in [0.3, 0.4) is 0 Å². The molecule has 2 N–H and O–H groups in total. The first-order chi connectivity index (χ1) is 10.4. The maximum atomic E-state index is 14.0. The van der Waals surface area contributed by atoms with Crippen molar-refractivity contribution in [1.82, 2.24) is 0 Å². The molecule has 116 valence electrons. The summed E-state index contributed by atoms with van der Waals surface area (Å²) in [5, 5.41) is 4.94. The zero-order valence-electron chi connectivity index (χ0n) is 11.8. The minimum absolute atomic E-state index is 0.0694. The number of rotatable bonds is 5. The third-order valence-corrected chi connectivity index (χ3v) is 4.14. The number of hydrogen-bond donors (Lipinski definition) is 1. The Morgan fingerprint density at radius 1 is 1.09 bits per heavy atom. The molecule has 22 heavy (non-hydrogen) atoms. The summed E-state index contributed by atoms with van der Waals surface area (Å²) >= 11 is 0. The van der Waals surface area contributed by atoms with Gasteiger partial charge in [-0.1, -0.05) is 24.3 Å². The van der Waals surface area contributed by atoms with Crippen LogP contribution in [0.5, 0.6) is 5.75 Å². The first-order valence-corrected chi connectivity index (χ1v) is 8.68. The molecule has 0 unspecified atom stereocenters. The van der Waals surface area contributed by atoms with Crippen LogP contribution in [0, 0.1) is 5.82 Å². The molecule has 2 aromatic carbocycles. The van der Waals surface area contributed by atoms with Crippen molar-refractivity contribution in [3.63, 3.8) is 0 Å². The van der Waals surface area contributed by atoms with Gasteiger partial charge in [-0.25, -0.2) is 17.9 Å². The van der Waals surface area contributed by atoms with Crippen molar-refractivity contribution in [2.75, 3.05) is 0 Å². The van der Waals surface area contributed by atoms with Crippen LogP contribution in [0.15, 0.2) is 42.5 Å². The van der Waals surface area contributed by atoms with E-state index in [2.05, 4.69) is 0 Å². The molecule has 0 radical (unpaired) electrons. The largest absolute Gasteiger partial charge is 0.490 e. The molecule has 0 amide bonds. The lowest BCUT2D eigenvalue weighted by molar-refractivity contribution is 0.303. The van der Waals surface area contributed by atoms with E-state index in [1.165, 1.54) is 12.1 Å². The Bertz CT molecular complexity index is 784. The molecule has 6 heteroatoms. The lowest BCUT2D eigenvalue weighted by Gasteiger charge is -2.08. The maximum absolute atomic E-state index is 14.0. The minimum Gasteiger partial charge on any atom is -0.490 e. The van der Waals surface area contributed by atoms with Crippen molar-refractivity contribution in [2.24, 2.45) is 5.14 Å². The van der Waals surface area contributed by atoms with Crippen molar-refractivity contribution in [1.29, 1.82) is 0 Å². The Balaban J connectivity index is 1.80. The standard InChI is InChI=1S/C16H16FNO3S/c17-16-9-12(1-2-13(16)10-22(18,19)20)11-3-5-14(6-4-11)21-15-7-8-15/h1-6,9,15H,7-8,10H2,(H2,18,19,20). The molecule has 0 atom stereocenters. The zero-order valence-corrected chi connectivity index (χ0v) is 12.6. The number of hydrogen-bond acceptors (Lipinski definition) is 3. The van der Waals surface area contributed by atoms with Crippen molar-refractivity contribution in [3.05, 3.63) is 53.8 Å². The van der Waals surface area contributed by atoms with Crippen LogP contribution in [0.1, 0.15) is 18.4 Å². The quantitative estimate of drug-likeness (QED) is 0.920. The summed E-state index contributed by atoms with van der Waals surface area (Å²) in [7, 11) is -3.74. The molecule has 2 aromatic rings. The summed E-state index contributed by atoms with van der Waals surface area (Å²) < 4.78 is 41.7. The van der Waals surface area contributed by atoms with Crippen LogP contribution < -0.4 is 9.88 Å². The molecule has 0 bridgehead atoms. The van der Waals surface area contributed by atoms with Gasteiger partial charge >= 0.3 is 0 Å². The summed E-state index contributed by atoms with van der Waals surface area (Å²) in [5.41, 5.74) is 1.58. The Morgan fingerprint density at radius 2 is 1.73 bits per heavy atom. The average molecular weight is 321 g/mol. The molecule has 3 rings (SSSR count). The monoisotopic (exact) mass is 321 g/mol. The number of ether oxygens (including phenoxy) is 1. The van der Waals surface area contributed by atoms with Crippen LogP contribution in [0.25, 0.3) is 11.1 Å². The van der Waals surface area contributed by atoms with Gasteiger partial charge in [-0.05, 0) is 42.2 Å². The van der Waals surface area contributed by atoms with E-state index in [0.717, 1.165) is 24.2 Å². The molecule has 0 aromatic heterocycles. The van der Waals surface area contributed by atoms with Crippen molar-refractivity contribution in [2.45, 2.75) is 24.7 Å². The van der Waals surface area contributed by atoms with Gasteiger partial charge in [-0.3, -0.25) is 0 Å². The Kier molecular flexibility index (Phi) is 3.88. The molecule has 0 heterocycles. The first-order valence-electron chi connectivity index (χ1n) is 6.97. The van der Waals surface area contributed by atoms with Gasteiger partial charge in [0.2, 0.25) is 10.0 Å². The Morgan fingerprint density at radius 3 is 2.27 bits per heavy atom. The molecular weight excluding hydrogens is 305 g/mol. The average Bonchev–Trinajstić information content (AvgIpc) is 3.25. The fraction of sp³-hybridized carbons (Fsp3) is 0.250. The van der Waals surface area contributed by atoms with Crippen molar-refractivity contribution < 1.29 is 17.5 Å². The van der Waals surface area contributed by atoms with Crippen molar-refractivity contribution >= 4 is 10.0 Å². The predicted molar refractivity (Wildman–Crippen MR) is 82.3 cm³/mol. The lowest BCUT2D eigenvalue weighted by atomic mass is 10.0. The van der Waals surface area contributed by atoms with Gasteiger partial charge < -0.3 is 4.74 Å². The Hall–Kier alpha value is -1.92. The summed E-state index contributed by atoms with van der Waals surface area (Å²) in [5.74, 6) is -0.282. The zero-order chi connectivity index (χ0) is 15.7. The molecule has 1 saturated carbocycles. The first kappa shape index (κ1) is 15.0. The van der Waals surface area contributed by atoms with Crippen LogP contribution in [-0.2, 0) is 15.8 Å². The fourth-order valence-corrected chi connectivity index (χ4v) is 2.83. The van der Waals surface area contributed by atoms with Gasteiger partial charge in [0.15, 0.2) is 0 Å². The van der Waals surface area contributed by atoms with Gasteiger partial charge in [0, 0.05) is 5.56 Å². The molecule has 1 aliphatic rings. The topological polar surface area (TPSA) is 69.4 Å². The molecule has 1 aliphatic carbocycles. The summed E-state index contributed by atoms with van der Waals surface area (Å²) in [4.78, 5) is 0. The highest BCUT2D eigenvalue weighted by Crippen LogP contribution is 2.29. The third-order valence-electron chi connectivity index (χ3n) is 3.42. The normalized spacial score (nSPS) is 14.8. The van der Waals surface area contributed by atoms with Gasteiger partial charge in [-0.2, -0.15) is 0 Å². The predicted octanol–water partition coefficient (Wildman–Crippen LogP) is 2.82. The molecule has 4 nitrogen and oxygen atoms in total. The number of benzene rings is 2. The Labute approximate surface area is 128 Å². The highest BCUT2D eigenvalue weighted by atomic mass is 32.2. The summed E-state index contributed by atoms with van der Waals surface area (Å²) in [6.07, 6.45) is 2.53. The third kappa shape index (κ3) is 3.84. The minimum atomic E-state index is -3.74.